The van der Waals surface area contributed by atoms with Crippen LogP contribution in [0, 0.1) is 18.6 Å². The minimum Gasteiger partial charge on any atom is -0.354 e. The molecule has 8 heteroatoms. The van der Waals surface area contributed by atoms with Gasteiger partial charge in [0.15, 0.2) is 17.5 Å². The number of rotatable bonds is 4. The van der Waals surface area contributed by atoms with E-state index < -0.39 is 11.6 Å². The highest BCUT2D eigenvalue weighted by atomic mass is 19.2. The molecule has 1 aliphatic rings. The lowest BCUT2D eigenvalue weighted by atomic mass is 10.1. The number of aromatic nitrogens is 2. The van der Waals surface area contributed by atoms with Crippen molar-refractivity contribution in [3.8, 4) is 0 Å². The number of benzene rings is 1. The van der Waals surface area contributed by atoms with Crippen LogP contribution in [-0.4, -0.2) is 33.4 Å². The van der Waals surface area contributed by atoms with E-state index in [4.69, 9.17) is 0 Å². The van der Waals surface area contributed by atoms with Gasteiger partial charge in [0.05, 0.1) is 11.4 Å². The van der Waals surface area contributed by atoms with E-state index in [9.17, 15) is 14.0 Å². The monoisotopic (exact) mass is 347 g/mol. The van der Waals surface area contributed by atoms with E-state index in [2.05, 4.69) is 15.3 Å². The number of halogens is 2. The van der Waals surface area contributed by atoms with Gasteiger partial charge in [-0.25, -0.2) is 18.8 Å². The maximum Gasteiger partial charge on any atom is 0.224 e. The molecule has 132 valence electrons. The number of nitrogens with zero attached hydrogens (tertiary/aromatic N) is 4. The molecule has 0 bridgehead atoms. The lowest BCUT2D eigenvalue weighted by Crippen LogP contribution is -2.42. The van der Waals surface area contributed by atoms with E-state index in [1.165, 1.54) is 6.07 Å². The Morgan fingerprint density at radius 1 is 1.16 bits per heavy atom. The van der Waals surface area contributed by atoms with Gasteiger partial charge in [0, 0.05) is 24.2 Å². The molecule has 6 nitrogen and oxygen atoms in total. The zero-order chi connectivity index (χ0) is 18.1. The molecular formula is C17H19F2N5O. The Labute approximate surface area is 144 Å². The van der Waals surface area contributed by atoms with Crippen molar-refractivity contribution in [3.05, 3.63) is 46.7 Å². The molecule has 1 aromatic carbocycles. The molecular weight excluding hydrogens is 328 g/mol. The molecule has 0 spiro atoms. The SMILES string of the molecule is CCNc1nc(C)c2c(n1)N(CC)N(O)C(c1ccc(F)c(F)c1)=C2. The smallest absolute Gasteiger partial charge is 0.224 e. The first-order chi connectivity index (χ1) is 12.0. The highest BCUT2D eigenvalue weighted by Gasteiger charge is 2.28. The Hall–Kier alpha value is -2.74. The minimum atomic E-state index is -0.976. The van der Waals surface area contributed by atoms with E-state index in [0.717, 1.165) is 17.3 Å². The number of hydroxylamine groups is 1. The topological polar surface area (TPSA) is 64.5 Å². The Balaban J connectivity index is 2.16. The van der Waals surface area contributed by atoms with E-state index >= 15 is 0 Å². The van der Waals surface area contributed by atoms with Gasteiger partial charge in [0.25, 0.3) is 0 Å². The van der Waals surface area contributed by atoms with E-state index in [1.807, 2.05) is 20.8 Å². The molecule has 0 saturated heterocycles. The summed E-state index contributed by atoms with van der Waals surface area (Å²) in [6.07, 6.45) is 1.67. The Morgan fingerprint density at radius 3 is 2.56 bits per heavy atom. The van der Waals surface area contributed by atoms with Crippen molar-refractivity contribution in [2.75, 3.05) is 23.4 Å². The van der Waals surface area contributed by atoms with Crippen LogP contribution >= 0.6 is 0 Å². The number of anilines is 2. The third kappa shape index (κ3) is 3.00. The maximum atomic E-state index is 13.6. The average Bonchev–Trinajstić information content (AvgIpc) is 2.57. The third-order valence-corrected chi connectivity index (χ3v) is 3.94. The molecule has 0 radical (unpaired) electrons. The lowest BCUT2D eigenvalue weighted by Gasteiger charge is -2.37. The molecule has 1 aliphatic heterocycles. The van der Waals surface area contributed by atoms with Crippen LogP contribution < -0.4 is 10.3 Å². The summed E-state index contributed by atoms with van der Waals surface area (Å²) in [5, 5.41) is 16.1. The predicted octanol–water partition coefficient (Wildman–Crippen LogP) is 3.44. The van der Waals surface area contributed by atoms with Gasteiger partial charge in [0.1, 0.15) is 0 Å². The van der Waals surface area contributed by atoms with Crippen molar-refractivity contribution < 1.29 is 14.0 Å². The van der Waals surface area contributed by atoms with Crippen LogP contribution in [0.1, 0.15) is 30.7 Å². The first-order valence-electron chi connectivity index (χ1n) is 8.02. The first kappa shape index (κ1) is 17.1. The van der Waals surface area contributed by atoms with Crippen molar-refractivity contribution in [3.63, 3.8) is 0 Å². The molecule has 0 aliphatic carbocycles. The van der Waals surface area contributed by atoms with Gasteiger partial charge in [-0.2, -0.15) is 10.2 Å². The van der Waals surface area contributed by atoms with Crippen molar-refractivity contribution in [2.24, 2.45) is 0 Å². The fourth-order valence-corrected chi connectivity index (χ4v) is 2.72. The zero-order valence-corrected chi connectivity index (χ0v) is 14.2. The number of fused-ring (bicyclic) bond motifs is 1. The van der Waals surface area contributed by atoms with Crippen LogP contribution in [0.3, 0.4) is 0 Å². The Morgan fingerprint density at radius 2 is 1.92 bits per heavy atom. The molecule has 2 N–H and O–H groups in total. The number of nitrogens with one attached hydrogen (secondary N) is 1. The summed E-state index contributed by atoms with van der Waals surface area (Å²) in [5.41, 5.74) is 2.10. The highest BCUT2D eigenvalue weighted by molar-refractivity contribution is 5.87. The summed E-state index contributed by atoms with van der Waals surface area (Å²) >= 11 is 0. The van der Waals surface area contributed by atoms with Crippen LogP contribution in [0.4, 0.5) is 20.5 Å². The first-order valence-corrected chi connectivity index (χ1v) is 8.02. The molecule has 3 rings (SSSR count). The number of hydrazine groups is 1. The number of aryl methyl sites for hydroxylation is 1. The molecule has 0 saturated carbocycles. The third-order valence-electron chi connectivity index (χ3n) is 3.94. The van der Waals surface area contributed by atoms with Gasteiger partial charge in [0.2, 0.25) is 5.95 Å². The zero-order valence-electron chi connectivity index (χ0n) is 14.2. The van der Waals surface area contributed by atoms with Crippen LogP contribution in [0.15, 0.2) is 18.2 Å². The van der Waals surface area contributed by atoms with Crippen molar-refractivity contribution >= 4 is 23.5 Å². The average molecular weight is 347 g/mol. The number of hydrogen-bond acceptors (Lipinski definition) is 6. The Kier molecular flexibility index (Phi) is 4.54. The van der Waals surface area contributed by atoms with Gasteiger partial charge < -0.3 is 5.32 Å². The molecule has 2 heterocycles. The molecule has 1 aromatic heterocycles. The minimum absolute atomic E-state index is 0.316. The standard InChI is InChI=1S/C17H19F2N5O/c1-4-20-17-21-10(3)12-9-15(11-6-7-13(18)14(19)8-11)24(25)23(5-2)16(12)22-17/h6-9,25H,4-5H2,1-3H3,(H,20,21,22). The fraction of sp³-hybridized carbons (Fsp3) is 0.294. The van der Waals surface area contributed by atoms with Gasteiger partial charge in [-0.1, -0.05) is 0 Å². The maximum absolute atomic E-state index is 13.6. The summed E-state index contributed by atoms with van der Waals surface area (Å²) in [4.78, 5) is 8.85. The second-order valence-electron chi connectivity index (χ2n) is 5.56. The summed E-state index contributed by atoms with van der Waals surface area (Å²) < 4.78 is 26.8. The normalized spacial score (nSPS) is 13.6. The highest BCUT2D eigenvalue weighted by Crippen LogP contribution is 2.35. The summed E-state index contributed by atoms with van der Waals surface area (Å²) in [5.74, 6) is -0.904. The molecule has 0 atom stereocenters. The van der Waals surface area contributed by atoms with Gasteiger partial charge in [-0.15, -0.1) is 0 Å². The summed E-state index contributed by atoms with van der Waals surface area (Å²) in [6, 6.07) is 3.49. The van der Waals surface area contributed by atoms with Gasteiger partial charge in [-0.05, 0) is 45.0 Å². The number of hydrogen-bond donors (Lipinski definition) is 2. The molecule has 0 amide bonds. The van der Waals surface area contributed by atoms with E-state index in [0.29, 0.717) is 47.4 Å². The second-order valence-corrected chi connectivity index (χ2v) is 5.56. The van der Waals surface area contributed by atoms with Gasteiger partial charge >= 0.3 is 0 Å². The van der Waals surface area contributed by atoms with Gasteiger partial charge in [-0.3, -0.25) is 5.21 Å². The largest absolute Gasteiger partial charge is 0.354 e. The summed E-state index contributed by atoms with van der Waals surface area (Å²) in [7, 11) is 0. The van der Waals surface area contributed by atoms with Crippen molar-refractivity contribution in [1.29, 1.82) is 0 Å². The molecule has 0 fully saturated rings. The molecule has 0 unspecified atom stereocenters. The Bertz CT molecular complexity index is 840. The molecule has 2 aromatic rings. The van der Waals surface area contributed by atoms with Crippen molar-refractivity contribution in [1.82, 2.24) is 15.1 Å². The quantitative estimate of drug-likeness (QED) is 0.883. The summed E-state index contributed by atoms with van der Waals surface area (Å²) in [6.45, 7) is 6.72. The van der Waals surface area contributed by atoms with Crippen LogP contribution in [-0.2, 0) is 0 Å². The van der Waals surface area contributed by atoms with E-state index in [1.54, 1.807) is 11.1 Å². The van der Waals surface area contributed by atoms with Crippen LogP contribution in [0.25, 0.3) is 11.8 Å². The van der Waals surface area contributed by atoms with Crippen molar-refractivity contribution in [2.45, 2.75) is 20.8 Å². The van der Waals surface area contributed by atoms with Crippen LogP contribution in [0.5, 0.6) is 0 Å². The lowest BCUT2D eigenvalue weighted by molar-refractivity contribution is -0.0395. The van der Waals surface area contributed by atoms with Crippen LogP contribution in [0.2, 0.25) is 0 Å². The second kappa shape index (κ2) is 6.64. The fourth-order valence-electron chi connectivity index (χ4n) is 2.72. The molecule has 25 heavy (non-hydrogen) atoms. The van der Waals surface area contributed by atoms with E-state index in [-0.39, 0.29) is 0 Å². The predicted molar refractivity (Wildman–Crippen MR) is 91.8 cm³/mol.